The van der Waals surface area contributed by atoms with Crippen molar-refractivity contribution in [2.45, 2.75) is 78.1 Å². The molecule has 0 nitrogen and oxygen atoms in total. The molecular weight excluding hydrogens is 204 g/mol. The first-order valence-corrected chi connectivity index (χ1v) is 7.92. The Balaban J connectivity index is 2.23. The molecule has 0 bridgehead atoms. The van der Waals surface area contributed by atoms with E-state index in [0.29, 0.717) is 0 Å². The third-order valence-corrected chi connectivity index (χ3v) is 4.70. The zero-order chi connectivity index (χ0) is 12.5. The Bertz CT molecular complexity index is 194. The van der Waals surface area contributed by atoms with E-state index in [1.54, 1.807) is 0 Å². The van der Waals surface area contributed by atoms with Crippen LogP contribution in [0.5, 0.6) is 0 Å². The van der Waals surface area contributed by atoms with Crippen molar-refractivity contribution in [2.24, 2.45) is 17.8 Å². The van der Waals surface area contributed by atoms with Crippen molar-refractivity contribution in [3.63, 3.8) is 0 Å². The fourth-order valence-corrected chi connectivity index (χ4v) is 3.60. The van der Waals surface area contributed by atoms with Gasteiger partial charge in [-0.3, -0.25) is 0 Å². The molecular formula is C17H32. The van der Waals surface area contributed by atoms with Crippen LogP contribution in [0, 0.1) is 17.8 Å². The topological polar surface area (TPSA) is 0 Å². The molecule has 3 atom stereocenters. The van der Waals surface area contributed by atoms with Gasteiger partial charge in [0, 0.05) is 0 Å². The van der Waals surface area contributed by atoms with Crippen LogP contribution in [0.1, 0.15) is 78.1 Å². The lowest BCUT2D eigenvalue weighted by Crippen LogP contribution is -2.11. The Morgan fingerprint density at radius 3 is 2.65 bits per heavy atom. The molecule has 0 aromatic rings. The second-order valence-electron chi connectivity index (χ2n) is 5.98. The zero-order valence-corrected chi connectivity index (χ0v) is 12.1. The fourth-order valence-electron chi connectivity index (χ4n) is 3.60. The van der Waals surface area contributed by atoms with Crippen LogP contribution in [-0.2, 0) is 0 Å². The molecule has 1 rings (SSSR count). The van der Waals surface area contributed by atoms with Gasteiger partial charge in [0.05, 0.1) is 0 Å². The first-order valence-electron chi connectivity index (χ1n) is 7.92. The van der Waals surface area contributed by atoms with Crippen LogP contribution in [-0.4, -0.2) is 0 Å². The van der Waals surface area contributed by atoms with Gasteiger partial charge in [-0.1, -0.05) is 58.4 Å². The fraction of sp³-hybridized carbons (Fsp3) is 0.882. The molecule has 0 radical (unpaired) electrons. The van der Waals surface area contributed by atoms with Gasteiger partial charge in [-0.05, 0) is 43.4 Å². The Kier molecular flexibility index (Phi) is 7.64. The molecule has 0 spiro atoms. The Morgan fingerprint density at radius 1 is 1.18 bits per heavy atom. The SMILES string of the molecule is C=CCC1CCC(C(CC)CCCCCC)C1. The van der Waals surface area contributed by atoms with Crippen LogP contribution < -0.4 is 0 Å². The zero-order valence-electron chi connectivity index (χ0n) is 12.1. The minimum Gasteiger partial charge on any atom is -0.103 e. The molecule has 1 aliphatic rings. The molecule has 0 aromatic carbocycles. The van der Waals surface area contributed by atoms with Crippen molar-refractivity contribution in [3.05, 3.63) is 12.7 Å². The van der Waals surface area contributed by atoms with Crippen molar-refractivity contribution >= 4 is 0 Å². The maximum Gasteiger partial charge on any atom is -0.0325 e. The molecule has 3 unspecified atom stereocenters. The summed E-state index contributed by atoms with van der Waals surface area (Å²) < 4.78 is 0. The summed E-state index contributed by atoms with van der Waals surface area (Å²) in [7, 11) is 0. The van der Waals surface area contributed by atoms with Crippen molar-refractivity contribution in [1.82, 2.24) is 0 Å². The molecule has 0 heteroatoms. The maximum atomic E-state index is 3.88. The third-order valence-electron chi connectivity index (χ3n) is 4.70. The van der Waals surface area contributed by atoms with Gasteiger partial charge >= 0.3 is 0 Å². The summed E-state index contributed by atoms with van der Waals surface area (Å²) in [5.74, 6) is 3.01. The molecule has 100 valence electrons. The number of hydrogen-bond acceptors (Lipinski definition) is 0. The predicted molar refractivity (Wildman–Crippen MR) is 78.2 cm³/mol. The summed E-state index contributed by atoms with van der Waals surface area (Å²) in [5, 5.41) is 0. The van der Waals surface area contributed by atoms with Gasteiger partial charge in [-0.25, -0.2) is 0 Å². The Morgan fingerprint density at radius 2 is 2.00 bits per heavy atom. The highest BCUT2D eigenvalue weighted by Crippen LogP contribution is 2.40. The first kappa shape index (κ1) is 14.8. The van der Waals surface area contributed by atoms with Gasteiger partial charge in [-0.15, -0.1) is 6.58 Å². The summed E-state index contributed by atoms with van der Waals surface area (Å²) in [6.45, 7) is 8.58. The van der Waals surface area contributed by atoms with E-state index in [4.69, 9.17) is 0 Å². The second-order valence-corrected chi connectivity index (χ2v) is 5.98. The molecule has 0 saturated heterocycles. The Hall–Kier alpha value is -0.260. The highest BCUT2D eigenvalue weighted by molar-refractivity contribution is 4.84. The van der Waals surface area contributed by atoms with Crippen LogP contribution in [0.3, 0.4) is 0 Å². The predicted octanol–water partition coefficient (Wildman–Crippen LogP) is 5.98. The molecule has 1 aliphatic carbocycles. The number of unbranched alkanes of at least 4 members (excludes halogenated alkanes) is 3. The van der Waals surface area contributed by atoms with Crippen molar-refractivity contribution in [1.29, 1.82) is 0 Å². The van der Waals surface area contributed by atoms with Gasteiger partial charge in [0.2, 0.25) is 0 Å². The monoisotopic (exact) mass is 236 g/mol. The molecule has 0 heterocycles. The van der Waals surface area contributed by atoms with Crippen molar-refractivity contribution in [3.8, 4) is 0 Å². The third kappa shape index (κ3) is 5.27. The molecule has 1 fully saturated rings. The lowest BCUT2D eigenvalue weighted by atomic mass is 9.84. The van der Waals surface area contributed by atoms with E-state index in [1.807, 2.05) is 0 Å². The van der Waals surface area contributed by atoms with Gasteiger partial charge in [-0.2, -0.15) is 0 Å². The normalized spacial score (nSPS) is 26.0. The van der Waals surface area contributed by atoms with Crippen molar-refractivity contribution in [2.75, 3.05) is 0 Å². The molecule has 0 amide bonds. The highest BCUT2D eigenvalue weighted by atomic mass is 14.3. The minimum atomic E-state index is 0.960. The smallest absolute Gasteiger partial charge is 0.0325 e. The minimum absolute atomic E-state index is 0.960. The summed E-state index contributed by atoms with van der Waals surface area (Å²) >= 11 is 0. The van der Waals surface area contributed by atoms with Crippen molar-refractivity contribution < 1.29 is 0 Å². The number of rotatable bonds is 9. The standard InChI is InChI=1S/C17H32/c1-4-7-8-9-11-16(6-3)17-13-12-15(14-17)10-5-2/h5,15-17H,2,4,6-14H2,1,3H3. The summed E-state index contributed by atoms with van der Waals surface area (Å²) in [6.07, 6.45) is 16.4. The molecule has 0 aliphatic heterocycles. The Labute approximate surface area is 109 Å². The van der Waals surface area contributed by atoms with Crippen LogP contribution in [0.15, 0.2) is 12.7 Å². The molecule has 1 saturated carbocycles. The van der Waals surface area contributed by atoms with E-state index in [2.05, 4.69) is 26.5 Å². The van der Waals surface area contributed by atoms with E-state index in [0.717, 1.165) is 17.8 Å². The highest BCUT2D eigenvalue weighted by Gasteiger charge is 2.28. The van der Waals surface area contributed by atoms with Crippen LogP contribution >= 0.6 is 0 Å². The average Bonchev–Trinajstić information content (AvgIpc) is 2.78. The summed E-state index contributed by atoms with van der Waals surface area (Å²) in [4.78, 5) is 0. The quantitative estimate of drug-likeness (QED) is 0.341. The summed E-state index contributed by atoms with van der Waals surface area (Å²) in [5.41, 5.74) is 0. The lowest BCUT2D eigenvalue weighted by Gasteiger charge is -2.22. The van der Waals surface area contributed by atoms with Gasteiger partial charge in [0.15, 0.2) is 0 Å². The van der Waals surface area contributed by atoms with E-state index in [1.165, 1.54) is 64.2 Å². The lowest BCUT2D eigenvalue weighted by molar-refractivity contribution is 0.291. The largest absolute Gasteiger partial charge is 0.103 e. The average molecular weight is 236 g/mol. The van der Waals surface area contributed by atoms with Crippen LogP contribution in [0.25, 0.3) is 0 Å². The maximum absolute atomic E-state index is 3.88. The van der Waals surface area contributed by atoms with Gasteiger partial charge in [0.1, 0.15) is 0 Å². The van der Waals surface area contributed by atoms with Crippen LogP contribution in [0.2, 0.25) is 0 Å². The van der Waals surface area contributed by atoms with E-state index in [9.17, 15) is 0 Å². The molecule has 0 aromatic heterocycles. The first-order chi connectivity index (χ1) is 8.31. The summed E-state index contributed by atoms with van der Waals surface area (Å²) in [6, 6.07) is 0. The molecule has 0 N–H and O–H groups in total. The van der Waals surface area contributed by atoms with Crippen LogP contribution in [0.4, 0.5) is 0 Å². The van der Waals surface area contributed by atoms with E-state index >= 15 is 0 Å². The second kappa shape index (κ2) is 8.78. The molecule has 17 heavy (non-hydrogen) atoms. The van der Waals surface area contributed by atoms with Gasteiger partial charge < -0.3 is 0 Å². The number of allylic oxidation sites excluding steroid dienone is 1. The number of hydrogen-bond donors (Lipinski definition) is 0. The van der Waals surface area contributed by atoms with E-state index < -0.39 is 0 Å². The van der Waals surface area contributed by atoms with Gasteiger partial charge in [0.25, 0.3) is 0 Å². The van der Waals surface area contributed by atoms with E-state index in [-0.39, 0.29) is 0 Å².